The minimum Gasteiger partial charge on any atom is -0.462 e. The first kappa shape index (κ1) is 13.8. The summed E-state index contributed by atoms with van der Waals surface area (Å²) in [6.45, 7) is 1.87. The molecule has 3 nitrogen and oxygen atoms in total. The van der Waals surface area contributed by atoms with Crippen molar-refractivity contribution in [1.82, 2.24) is 0 Å². The van der Waals surface area contributed by atoms with Crippen molar-refractivity contribution in [2.75, 3.05) is 12.3 Å². The molecule has 0 fully saturated rings. The average molecular weight is 278 g/mol. The van der Waals surface area contributed by atoms with Crippen molar-refractivity contribution in [3.8, 4) is 0 Å². The highest BCUT2D eigenvalue weighted by Crippen LogP contribution is 2.25. The molecule has 0 saturated carbocycles. The van der Waals surface area contributed by atoms with Crippen LogP contribution in [0.2, 0.25) is 5.02 Å². The molecule has 0 aliphatic heterocycles. The maximum Gasteiger partial charge on any atom is 0.349 e. The van der Waals surface area contributed by atoms with E-state index in [4.69, 9.17) is 28.9 Å². The lowest BCUT2D eigenvalue weighted by molar-refractivity contribution is -0.137. The van der Waals surface area contributed by atoms with E-state index in [0.29, 0.717) is 5.56 Å². The molecule has 0 radical (unpaired) electrons. The highest BCUT2D eigenvalue weighted by atomic mass is 35.5. The Hall–Kier alpha value is -1.26. The number of hydrogen-bond acceptors (Lipinski definition) is 3. The van der Waals surface area contributed by atoms with Crippen molar-refractivity contribution < 1.29 is 13.9 Å². The van der Waals surface area contributed by atoms with Crippen LogP contribution in [0.15, 0.2) is 17.2 Å². The fourth-order valence-corrected chi connectivity index (χ4v) is 1.47. The van der Waals surface area contributed by atoms with E-state index < -0.39 is 11.8 Å². The van der Waals surface area contributed by atoms with Crippen molar-refractivity contribution in [2.24, 2.45) is 0 Å². The molecular weight excluding hydrogens is 268 g/mol. The van der Waals surface area contributed by atoms with E-state index >= 15 is 0 Å². The van der Waals surface area contributed by atoms with Crippen LogP contribution in [0.3, 0.4) is 0 Å². The first-order chi connectivity index (χ1) is 7.95. The predicted octanol–water partition coefficient (Wildman–Crippen LogP) is 3.20. The molecule has 0 atom stereocenters. The lowest BCUT2D eigenvalue weighted by Crippen LogP contribution is -2.03. The lowest BCUT2D eigenvalue weighted by Gasteiger charge is -2.04. The maximum atomic E-state index is 13.0. The Kier molecular flexibility index (Phi) is 4.78. The Labute approximate surface area is 108 Å². The third kappa shape index (κ3) is 3.61. The van der Waals surface area contributed by atoms with Crippen molar-refractivity contribution in [2.45, 2.75) is 6.92 Å². The van der Waals surface area contributed by atoms with Crippen molar-refractivity contribution in [3.63, 3.8) is 0 Å². The number of carbonyl (C=O) groups is 1. The van der Waals surface area contributed by atoms with Gasteiger partial charge < -0.3 is 10.5 Å². The minimum atomic E-state index is -0.673. The Bertz CT molecular complexity index is 475. The average Bonchev–Trinajstić information content (AvgIpc) is 2.26. The number of nitrogens with two attached hydrogens (primary N) is 1. The van der Waals surface area contributed by atoms with Gasteiger partial charge in [-0.3, -0.25) is 0 Å². The molecule has 0 aromatic heterocycles. The fourth-order valence-electron chi connectivity index (χ4n) is 1.09. The molecule has 1 aromatic rings. The van der Waals surface area contributed by atoms with E-state index in [0.717, 1.165) is 6.07 Å². The van der Waals surface area contributed by atoms with Crippen molar-refractivity contribution >= 4 is 40.9 Å². The summed E-state index contributed by atoms with van der Waals surface area (Å²) in [5, 5.41) is -0.0427. The molecule has 0 amide bonds. The number of halogens is 3. The quantitative estimate of drug-likeness (QED) is 0.524. The van der Waals surface area contributed by atoms with Crippen LogP contribution in [-0.4, -0.2) is 12.6 Å². The summed E-state index contributed by atoms with van der Waals surface area (Å²) < 4.78 is 17.7. The second kappa shape index (κ2) is 5.89. The van der Waals surface area contributed by atoms with Crippen molar-refractivity contribution in [1.29, 1.82) is 0 Å². The summed E-state index contributed by atoms with van der Waals surface area (Å²) in [5.74, 6) is -1.30. The van der Waals surface area contributed by atoms with E-state index in [1.165, 1.54) is 12.1 Å². The molecule has 1 rings (SSSR count). The lowest BCUT2D eigenvalue weighted by atomic mass is 10.2. The second-order valence-corrected chi connectivity index (χ2v) is 3.92. The molecule has 6 heteroatoms. The number of nitrogen functional groups attached to an aromatic ring is 1. The number of esters is 1. The largest absolute Gasteiger partial charge is 0.462 e. The summed E-state index contributed by atoms with van der Waals surface area (Å²) in [4.78, 5) is 11.2. The van der Waals surface area contributed by atoms with E-state index in [1.54, 1.807) is 6.92 Å². The van der Waals surface area contributed by atoms with Crippen LogP contribution in [0.5, 0.6) is 0 Å². The molecule has 0 heterocycles. The zero-order chi connectivity index (χ0) is 13.0. The van der Waals surface area contributed by atoms with Crippen LogP contribution in [0.25, 0.3) is 6.08 Å². The van der Waals surface area contributed by atoms with E-state index in [1.807, 2.05) is 0 Å². The van der Waals surface area contributed by atoms with Gasteiger partial charge in [-0.2, -0.15) is 0 Å². The van der Waals surface area contributed by atoms with Crippen LogP contribution in [0, 0.1) is 5.82 Å². The van der Waals surface area contributed by atoms with Crippen molar-refractivity contribution in [3.05, 3.63) is 33.6 Å². The van der Waals surface area contributed by atoms with Gasteiger partial charge in [0.2, 0.25) is 0 Å². The summed E-state index contributed by atoms with van der Waals surface area (Å²) in [6, 6.07) is 2.34. The van der Waals surface area contributed by atoms with Gasteiger partial charge in [-0.1, -0.05) is 23.2 Å². The Morgan fingerprint density at radius 3 is 2.82 bits per heavy atom. The molecule has 2 N–H and O–H groups in total. The van der Waals surface area contributed by atoms with Gasteiger partial charge in [0.05, 0.1) is 17.3 Å². The van der Waals surface area contributed by atoms with E-state index in [2.05, 4.69) is 4.74 Å². The van der Waals surface area contributed by atoms with E-state index in [9.17, 15) is 9.18 Å². The Morgan fingerprint density at radius 2 is 2.24 bits per heavy atom. The van der Waals surface area contributed by atoms with Gasteiger partial charge in [-0.25, -0.2) is 9.18 Å². The molecular formula is C11H10Cl2FNO2. The molecule has 0 saturated heterocycles. The van der Waals surface area contributed by atoms with E-state index in [-0.39, 0.29) is 22.3 Å². The topological polar surface area (TPSA) is 52.3 Å². The fraction of sp³-hybridized carbons (Fsp3) is 0.182. The normalized spacial score (nSPS) is 11.4. The molecule has 0 aliphatic rings. The number of anilines is 1. The van der Waals surface area contributed by atoms with Gasteiger partial charge in [-0.05, 0) is 30.7 Å². The molecule has 0 aliphatic carbocycles. The molecule has 1 aromatic carbocycles. The monoisotopic (exact) mass is 277 g/mol. The highest BCUT2D eigenvalue weighted by molar-refractivity contribution is 6.43. The maximum absolute atomic E-state index is 13.0. The standard InChI is InChI=1S/C11H10Cl2FNO2/c1-2-17-11(16)8(13)3-6-4-10(15)9(14)5-7(6)12/h3-5H,2,15H2,1H3/b8-3-. The molecule has 17 heavy (non-hydrogen) atoms. The van der Waals surface area contributed by atoms with Crippen LogP contribution >= 0.6 is 23.2 Å². The zero-order valence-corrected chi connectivity index (χ0v) is 10.5. The van der Waals surface area contributed by atoms with Crippen LogP contribution in [-0.2, 0) is 9.53 Å². The van der Waals surface area contributed by atoms with Gasteiger partial charge >= 0.3 is 5.97 Å². The third-order valence-corrected chi connectivity index (χ3v) is 2.46. The number of rotatable bonds is 3. The van der Waals surface area contributed by atoms with Crippen LogP contribution in [0.4, 0.5) is 10.1 Å². The molecule has 92 valence electrons. The number of benzene rings is 1. The summed E-state index contributed by atoms with van der Waals surface area (Å²) in [7, 11) is 0. The van der Waals surface area contributed by atoms with Gasteiger partial charge in [0, 0.05) is 0 Å². The summed E-state index contributed by atoms with van der Waals surface area (Å²) in [6.07, 6.45) is 1.28. The second-order valence-electron chi connectivity index (χ2n) is 3.11. The van der Waals surface area contributed by atoms with Crippen LogP contribution in [0.1, 0.15) is 12.5 Å². The number of carbonyl (C=O) groups excluding carboxylic acids is 1. The van der Waals surface area contributed by atoms with Gasteiger partial charge in [0.25, 0.3) is 0 Å². The summed E-state index contributed by atoms with van der Waals surface area (Å²) >= 11 is 11.5. The highest BCUT2D eigenvalue weighted by Gasteiger charge is 2.10. The SMILES string of the molecule is CCOC(=O)/C(Cl)=C/c1cc(N)c(F)cc1Cl. The predicted molar refractivity (Wildman–Crippen MR) is 66.3 cm³/mol. The third-order valence-electron chi connectivity index (χ3n) is 1.87. The zero-order valence-electron chi connectivity index (χ0n) is 8.97. The number of hydrogen-bond donors (Lipinski definition) is 1. The Morgan fingerprint density at radius 1 is 1.59 bits per heavy atom. The first-order valence-corrected chi connectivity index (χ1v) is 5.50. The Balaban J connectivity index is 3.06. The smallest absolute Gasteiger partial charge is 0.349 e. The molecule has 0 unspecified atom stereocenters. The van der Waals surface area contributed by atoms with Gasteiger partial charge in [-0.15, -0.1) is 0 Å². The first-order valence-electron chi connectivity index (χ1n) is 4.74. The van der Waals surface area contributed by atoms with Gasteiger partial charge in [0.1, 0.15) is 10.8 Å². The summed E-state index contributed by atoms with van der Waals surface area (Å²) in [5.41, 5.74) is 5.65. The minimum absolute atomic E-state index is 0.0750. The number of ether oxygens (including phenoxy) is 1. The molecule has 0 spiro atoms. The molecule has 0 bridgehead atoms. The van der Waals surface area contributed by atoms with Crippen LogP contribution < -0.4 is 5.73 Å². The van der Waals surface area contributed by atoms with Gasteiger partial charge in [0.15, 0.2) is 0 Å².